The lowest BCUT2D eigenvalue weighted by atomic mass is 10.2. The number of nitrogens with zero attached hydrogens (tertiary/aromatic N) is 1. The molecule has 0 fully saturated rings. The number of nitrogens with two attached hydrogens (primary N) is 1. The van der Waals surface area contributed by atoms with Crippen molar-refractivity contribution in [2.75, 3.05) is 19.1 Å². The molecule has 0 aliphatic carbocycles. The van der Waals surface area contributed by atoms with Gasteiger partial charge in [-0.15, -0.1) is 0 Å². The number of benzene rings is 1. The fourth-order valence-electron chi connectivity index (χ4n) is 2.13. The van der Waals surface area contributed by atoms with E-state index in [1.54, 1.807) is 7.11 Å². The molecule has 0 saturated heterocycles. The average molecular weight is 260 g/mol. The molecule has 1 heterocycles. The van der Waals surface area contributed by atoms with Crippen LogP contribution in [0, 0.1) is 6.92 Å². The number of para-hydroxylation sites is 2. The van der Waals surface area contributed by atoms with E-state index < -0.39 is 0 Å². The summed E-state index contributed by atoms with van der Waals surface area (Å²) in [6, 6.07) is 9.96. The van der Waals surface area contributed by atoms with Gasteiger partial charge in [0.05, 0.1) is 25.9 Å². The molecular formula is C15H20N2O2. The molecule has 0 spiro atoms. The van der Waals surface area contributed by atoms with E-state index in [-0.39, 0.29) is 0 Å². The molecule has 0 aliphatic rings. The van der Waals surface area contributed by atoms with E-state index in [1.807, 2.05) is 44.3 Å². The van der Waals surface area contributed by atoms with Crippen molar-refractivity contribution in [1.82, 2.24) is 0 Å². The Labute approximate surface area is 113 Å². The van der Waals surface area contributed by atoms with Gasteiger partial charge in [0, 0.05) is 7.05 Å². The van der Waals surface area contributed by atoms with Gasteiger partial charge in [0.2, 0.25) is 0 Å². The summed E-state index contributed by atoms with van der Waals surface area (Å²) >= 11 is 0. The van der Waals surface area contributed by atoms with Crippen LogP contribution in [0.5, 0.6) is 5.75 Å². The lowest BCUT2D eigenvalue weighted by Crippen LogP contribution is -2.16. The Hall–Kier alpha value is -1.94. The van der Waals surface area contributed by atoms with Crippen molar-refractivity contribution < 1.29 is 9.15 Å². The predicted molar refractivity (Wildman–Crippen MR) is 76.4 cm³/mol. The third-order valence-electron chi connectivity index (χ3n) is 3.15. The minimum absolute atomic E-state index is 0.435. The van der Waals surface area contributed by atoms with Gasteiger partial charge in [-0.2, -0.15) is 0 Å². The largest absolute Gasteiger partial charge is 0.495 e. The molecule has 0 radical (unpaired) electrons. The van der Waals surface area contributed by atoms with E-state index in [0.717, 1.165) is 28.5 Å². The third kappa shape index (κ3) is 2.90. The van der Waals surface area contributed by atoms with Crippen molar-refractivity contribution in [3.8, 4) is 5.75 Å². The zero-order valence-electron chi connectivity index (χ0n) is 11.6. The van der Waals surface area contributed by atoms with E-state index in [9.17, 15) is 0 Å². The number of furan rings is 1. The first-order chi connectivity index (χ1) is 9.15. The number of ether oxygens (including phenoxy) is 1. The first-order valence-corrected chi connectivity index (χ1v) is 6.28. The SMILES string of the molecule is COc1ccccc1N(C)Cc1cc(C)c(CN)o1. The van der Waals surface area contributed by atoms with Crippen LogP contribution in [0.25, 0.3) is 0 Å². The van der Waals surface area contributed by atoms with Crippen LogP contribution >= 0.6 is 0 Å². The maximum absolute atomic E-state index is 5.72. The Morgan fingerprint density at radius 2 is 2.05 bits per heavy atom. The summed E-state index contributed by atoms with van der Waals surface area (Å²) in [4.78, 5) is 2.09. The molecule has 2 N–H and O–H groups in total. The number of hydrogen-bond donors (Lipinski definition) is 1. The van der Waals surface area contributed by atoms with Crippen LogP contribution in [0.3, 0.4) is 0 Å². The van der Waals surface area contributed by atoms with Gasteiger partial charge in [-0.3, -0.25) is 0 Å². The summed E-state index contributed by atoms with van der Waals surface area (Å²) in [5.41, 5.74) is 7.76. The second-order valence-electron chi connectivity index (χ2n) is 4.55. The maximum atomic E-state index is 5.72. The molecule has 1 aromatic heterocycles. The Morgan fingerprint density at radius 1 is 1.32 bits per heavy atom. The third-order valence-corrected chi connectivity index (χ3v) is 3.15. The smallest absolute Gasteiger partial charge is 0.142 e. The van der Waals surface area contributed by atoms with Crippen LogP contribution in [0.2, 0.25) is 0 Å². The van der Waals surface area contributed by atoms with Crippen LogP contribution in [-0.2, 0) is 13.1 Å². The number of rotatable bonds is 5. The molecule has 102 valence electrons. The highest BCUT2D eigenvalue weighted by Gasteiger charge is 2.11. The van der Waals surface area contributed by atoms with Crippen LogP contribution in [0.15, 0.2) is 34.7 Å². The van der Waals surface area contributed by atoms with Crippen molar-refractivity contribution in [1.29, 1.82) is 0 Å². The van der Waals surface area contributed by atoms with E-state index in [4.69, 9.17) is 14.9 Å². The van der Waals surface area contributed by atoms with Gasteiger partial charge in [-0.1, -0.05) is 12.1 Å². The molecule has 0 amide bonds. The van der Waals surface area contributed by atoms with Crippen molar-refractivity contribution in [2.45, 2.75) is 20.0 Å². The van der Waals surface area contributed by atoms with E-state index in [0.29, 0.717) is 13.1 Å². The molecule has 0 bridgehead atoms. The monoisotopic (exact) mass is 260 g/mol. The van der Waals surface area contributed by atoms with Gasteiger partial charge in [-0.05, 0) is 30.7 Å². The van der Waals surface area contributed by atoms with Crippen LogP contribution in [0.4, 0.5) is 5.69 Å². The van der Waals surface area contributed by atoms with E-state index >= 15 is 0 Å². The Bertz CT molecular complexity index is 549. The van der Waals surface area contributed by atoms with Crippen LogP contribution < -0.4 is 15.4 Å². The van der Waals surface area contributed by atoms with Crippen LogP contribution in [-0.4, -0.2) is 14.2 Å². The summed E-state index contributed by atoms with van der Waals surface area (Å²) in [7, 11) is 3.69. The van der Waals surface area contributed by atoms with Crippen molar-refractivity contribution >= 4 is 5.69 Å². The summed E-state index contributed by atoms with van der Waals surface area (Å²) < 4.78 is 11.1. The highest BCUT2D eigenvalue weighted by molar-refractivity contribution is 5.57. The van der Waals surface area contributed by atoms with Gasteiger partial charge in [0.15, 0.2) is 0 Å². The van der Waals surface area contributed by atoms with Crippen LogP contribution in [0.1, 0.15) is 17.1 Å². The second-order valence-corrected chi connectivity index (χ2v) is 4.55. The van der Waals surface area contributed by atoms with E-state index in [2.05, 4.69) is 4.90 Å². The molecule has 0 saturated carbocycles. The number of methoxy groups -OCH3 is 1. The summed E-state index contributed by atoms with van der Waals surface area (Å²) in [5.74, 6) is 2.61. The minimum atomic E-state index is 0.435. The molecule has 0 atom stereocenters. The lowest BCUT2D eigenvalue weighted by Gasteiger charge is -2.20. The molecule has 2 rings (SSSR count). The normalized spacial score (nSPS) is 10.5. The minimum Gasteiger partial charge on any atom is -0.495 e. The van der Waals surface area contributed by atoms with Crippen molar-refractivity contribution in [2.24, 2.45) is 5.73 Å². The van der Waals surface area contributed by atoms with Gasteiger partial charge >= 0.3 is 0 Å². The Morgan fingerprint density at radius 3 is 2.68 bits per heavy atom. The van der Waals surface area contributed by atoms with Gasteiger partial charge < -0.3 is 19.8 Å². The van der Waals surface area contributed by atoms with Gasteiger partial charge in [0.25, 0.3) is 0 Å². The summed E-state index contributed by atoms with van der Waals surface area (Å²) in [5, 5.41) is 0. The first kappa shape index (κ1) is 13.5. The number of anilines is 1. The molecule has 0 unspecified atom stereocenters. The molecular weight excluding hydrogens is 240 g/mol. The zero-order valence-corrected chi connectivity index (χ0v) is 11.6. The quantitative estimate of drug-likeness (QED) is 0.898. The first-order valence-electron chi connectivity index (χ1n) is 6.28. The molecule has 4 nitrogen and oxygen atoms in total. The summed E-state index contributed by atoms with van der Waals surface area (Å²) in [6.45, 7) is 3.13. The topological polar surface area (TPSA) is 51.6 Å². The second kappa shape index (κ2) is 5.80. The van der Waals surface area contributed by atoms with Crippen molar-refractivity contribution in [3.63, 3.8) is 0 Å². The molecule has 0 aliphatic heterocycles. The summed E-state index contributed by atoms with van der Waals surface area (Å²) in [6.07, 6.45) is 0. The Balaban J connectivity index is 2.18. The van der Waals surface area contributed by atoms with Gasteiger partial charge in [-0.25, -0.2) is 0 Å². The van der Waals surface area contributed by atoms with Crippen molar-refractivity contribution in [3.05, 3.63) is 47.4 Å². The zero-order chi connectivity index (χ0) is 13.8. The van der Waals surface area contributed by atoms with Gasteiger partial charge in [0.1, 0.15) is 17.3 Å². The molecule has 2 aromatic rings. The number of hydrogen-bond acceptors (Lipinski definition) is 4. The predicted octanol–water partition coefficient (Wildman–Crippen LogP) is 2.69. The fraction of sp³-hybridized carbons (Fsp3) is 0.333. The molecule has 1 aromatic carbocycles. The fourth-order valence-corrected chi connectivity index (χ4v) is 2.13. The standard InChI is InChI=1S/C15H20N2O2/c1-11-8-12(19-15(11)9-16)10-17(2)13-6-4-5-7-14(13)18-3/h4-8H,9-10,16H2,1-3H3. The van der Waals surface area contributed by atoms with E-state index in [1.165, 1.54) is 0 Å². The lowest BCUT2D eigenvalue weighted by molar-refractivity contribution is 0.413. The number of aryl methyl sites for hydroxylation is 1. The molecule has 19 heavy (non-hydrogen) atoms. The average Bonchev–Trinajstić information content (AvgIpc) is 2.78. The highest BCUT2D eigenvalue weighted by Crippen LogP contribution is 2.28. The highest BCUT2D eigenvalue weighted by atomic mass is 16.5. The Kier molecular flexibility index (Phi) is 4.12. The maximum Gasteiger partial charge on any atom is 0.142 e. The molecule has 4 heteroatoms.